The van der Waals surface area contributed by atoms with Crippen molar-refractivity contribution < 1.29 is 0 Å². The van der Waals surface area contributed by atoms with Crippen LogP contribution in [0, 0.1) is 5.92 Å². The first-order valence-electron chi connectivity index (χ1n) is 8.33. The van der Waals surface area contributed by atoms with Crippen molar-refractivity contribution in [3.05, 3.63) is 34.9 Å². The van der Waals surface area contributed by atoms with E-state index in [1.165, 1.54) is 63.7 Å². The van der Waals surface area contributed by atoms with Crippen LogP contribution in [-0.2, 0) is 19.4 Å². The van der Waals surface area contributed by atoms with Crippen LogP contribution < -0.4 is 5.32 Å². The number of rotatable bonds is 5. The fourth-order valence-corrected chi connectivity index (χ4v) is 3.76. The minimum Gasteiger partial charge on any atom is -0.320 e. The van der Waals surface area contributed by atoms with Crippen LogP contribution in [0.15, 0.2) is 18.2 Å². The van der Waals surface area contributed by atoms with Gasteiger partial charge in [-0.3, -0.25) is 4.90 Å². The predicted molar refractivity (Wildman–Crippen MR) is 92.3 cm³/mol. The molecule has 1 N–H and O–H groups in total. The number of nitrogens with zero attached hydrogens (tertiary/aromatic N) is 1. The molecule has 0 atom stereocenters. The van der Waals surface area contributed by atoms with Crippen molar-refractivity contribution in [2.75, 3.05) is 26.7 Å². The number of likely N-dealkylation sites (tertiary alicyclic amines) is 1. The van der Waals surface area contributed by atoms with Crippen LogP contribution in [0.3, 0.4) is 0 Å². The molecule has 0 bridgehead atoms. The molecule has 1 aromatic rings. The van der Waals surface area contributed by atoms with E-state index in [-0.39, 0.29) is 12.4 Å². The SMILES string of the molecule is CNCCC1CCN(Cc2ccc3c(c2)CCC3)CC1.Cl. The first-order chi connectivity index (χ1) is 9.85. The Labute approximate surface area is 135 Å². The van der Waals surface area contributed by atoms with Crippen LogP contribution in [0.1, 0.15) is 42.4 Å². The van der Waals surface area contributed by atoms with Gasteiger partial charge in [0.15, 0.2) is 0 Å². The smallest absolute Gasteiger partial charge is 0.0233 e. The number of aryl methyl sites for hydroxylation is 2. The number of hydrogen-bond donors (Lipinski definition) is 1. The highest BCUT2D eigenvalue weighted by atomic mass is 35.5. The lowest BCUT2D eigenvalue weighted by atomic mass is 9.93. The third-order valence-electron chi connectivity index (χ3n) is 5.08. The van der Waals surface area contributed by atoms with Gasteiger partial charge in [0.05, 0.1) is 0 Å². The predicted octanol–water partition coefficient (Wildman–Crippen LogP) is 3.42. The number of nitrogens with one attached hydrogen (secondary N) is 1. The second kappa shape index (κ2) is 8.17. The molecule has 3 heteroatoms. The third-order valence-corrected chi connectivity index (χ3v) is 5.08. The highest BCUT2D eigenvalue weighted by molar-refractivity contribution is 5.85. The average molecular weight is 309 g/mol. The molecule has 2 aliphatic rings. The number of benzene rings is 1. The van der Waals surface area contributed by atoms with Crippen LogP contribution in [0.2, 0.25) is 0 Å². The topological polar surface area (TPSA) is 15.3 Å². The monoisotopic (exact) mass is 308 g/mol. The van der Waals surface area contributed by atoms with Crippen LogP contribution in [-0.4, -0.2) is 31.6 Å². The molecule has 0 unspecified atom stereocenters. The number of halogens is 1. The Bertz CT molecular complexity index is 439. The molecule has 1 fully saturated rings. The summed E-state index contributed by atoms with van der Waals surface area (Å²) in [7, 11) is 2.06. The van der Waals surface area contributed by atoms with Gasteiger partial charge in [-0.15, -0.1) is 12.4 Å². The molecule has 1 saturated heterocycles. The van der Waals surface area contributed by atoms with Crippen molar-refractivity contribution in [1.82, 2.24) is 10.2 Å². The van der Waals surface area contributed by atoms with Crippen molar-refractivity contribution >= 4 is 12.4 Å². The summed E-state index contributed by atoms with van der Waals surface area (Å²) in [5.74, 6) is 0.943. The summed E-state index contributed by atoms with van der Waals surface area (Å²) in [5, 5.41) is 3.28. The van der Waals surface area contributed by atoms with Gasteiger partial charge in [-0.1, -0.05) is 18.2 Å². The summed E-state index contributed by atoms with van der Waals surface area (Å²) < 4.78 is 0. The molecular formula is C18H29ClN2. The Morgan fingerprint density at radius 1 is 1.14 bits per heavy atom. The van der Waals surface area contributed by atoms with Crippen molar-refractivity contribution in [2.45, 2.75) is 45.1 Å². The lowest BCUT2D eigenvalue weighted by molar-refractivity contribution is 0.172. The van der Waals surface area contributed by atoms with Gasteiger partial charge in [0.1, 0.15) is 0 Å². The standard InChI is InChI=1S/C18H28N2.ClH/c1-19-10-7-15-8-11-20(12-9-15)14-16-5-6-17-3-2-4-18(17)13-16;/h5-6,13,15,19H,2-4,7-12,14H2,1H3;1H. The molecule has 0 radical (unpaired) electrons. The van der Waals surface area contributed by atoms with E-state index in [4.69, 9.17) is 0 Å². The van der Waals surface area contributed by atoms with E-state index in [1.54, 1.807) is 11.1 Å². The normalized spacial score (nSPS) is 19.3. The maximum absolute atomic E-state index is 3.28. The van der Waals surface area contributed by atoms with Crippen LogP contribution >= 0.6 is 12.4 Å². The Morgan fingerprint density at radius 3 is 2.67 bits per heavy atom. The Morgan fingerprint density at radius 2 is 1.90 bits per heavy atom. The minimum absolute atomic E-state index is 0. The zero-order valence-corrected chi connectivity index (χ0v) is 14.1. The van der Waals surface area contributed by atoms with E-state index in [0.29, 0.717) is 0 Å². The molecular weight excluding hydrogens is 280 g/mol. The molecule has 118 valence electrons. The summed E-state index contributed by atoms with van der Waals surface area (Å²) in [5.41, 5.74) is 4.74. The molecule has 21 heavy (non-hydrogen) atoms. The fourth-order valence-electron chi connectivity index (χ4n) is 3.76. The van der Waals surface area contributed by atoms with E-state index in [0.717, 1.165) is 12.5 Å². The molecule has 0 amide bonds. The highest BCUT2D eigenvalue weighted by Crippen LogP contribution is 2.25. The van der Waals surface area contributed by atoms with Crippen LogP contribution in [0.25, 0.3) is 0 Å². The molecule has 1 heterocycles. The van der Waals surface area contributed by atoms with Gasteiger partial charge in [-0.05, 0) is 87.8 Å². The Kier molecular flexibility index (Phi) is 6.53. The zero-order chi connectivity index (χ0) is 13.8. The number of fused-ring (bicyclic) bond motifs is 1. The average Bonchev–Trinajstić information content (AvgIpc) is 2.94. The van der Waals surface area contributed by atoms with Gasteiger partial charge in [0.25, 0.3) is 0 Å². The zero-order valence-electron chi connectivity index (χ0n) is 13.2. The van der Waals surface area contributed by atoms with E-state index in [9.17, 15) is 0 Å². The molecule has 1 aliphatic heterocycles. The molecule has 3 rings (SSSR count). The first kappa shape index (κ1) is 16.8. The number of hydrogen-bond acceptors (Lipinski definition) is 2. The maximum Gasteiger partial charge on any atom is 0.0233 e. The first-order valence-corrected chi connectivity index (χ1v) is 8.33. The summed E-state index contributed by atoms with van der Waals surface area (Å²) in [6.45, 7) is 4.90. The highest BCUT2D eigenvalue weighted by Gasteiger charge is 2.19. The van der Waals surface area contributed by atoms with E-state index in [1.807, 2.05) is 0 Å². The van der Waals surface area contributed by atoms with Crippen molar-refractivity contribution in [3.63, 3.8) is 0 Å². The van der Waals surface area contributed by atoms with Gasteiger partial charge in [0, 0.05) is 6.54 Å². The Balaban J connectivity index is 0.00000161. The molecule has 2 nitrogen and oxygen atoms in total. The summed E-state index contributed by atoms with van der Waals surface area (Å²) in [6, 6.07) is 7.20. The Hall–Kier alpha value is -0.570. The fraction of sp³-hybridized carbons (Fsp3) is 0.667. The second-order valence-electron chi connectivity index (χ2n) is 6.57. The van der Waals surface area contributed by atoms with Gasteiger partial charge in [0.2, 0.25) is 0 Å². The maximum atomic E-state index is 3.28. The van der Waals surface area contributed by atoms with E-state index in [2.05, 4.69) is 35.5 Å². The lowest BCUT2D eigenvalue weighted by Gasteiger charge is -2.32. The molecule has 0 saturated carbocycles. The molecule has 0 spiro atoms. The van der Waals surface area contributed by atoms with Crippen LogP contribution in [0.4, 0.5) is 0 Å². The largest absolute Gasteiger partial charge is 0.320 e. The second-order valence-corrected chi connectivity index (χ2v) is 6.57. The van der Waals surface area contributed by atoms with Crippen molar-refractivity contribution in [2.24, 2.45) is 5.92 Å². The lowest BCUT2D eigenvalue weighted by Crippen LogP contribution is -2.34. The van der Waals surface area contributed by atoms with Crippen LogP contribution in [0.5, 0.6) is 0 Å². The van der Waals surface area contributed by atoms with Gasteiger partial charge >= 0.3 is 0 Å². The summed E-state index contributed by atoms with van der Waals surface area (Å²) >= 11 is 0. The molecule has 1 aromatic carbocycles. The minimum atomic E-state index is 0. The van der Waals surface area contributed by atoms with Gasteiger partial charge < -0.3 is 5.32 Å². The quantitative estimate of drug-likeness (QED) is 0.896. The van der Waals surface area contributed by atoms with Gasteiger partial charge in [-0.25, -0.2) is 0 Å². The molecule has 0 aromatic heterocycles. The van der Waals surface area contributed by atoms with Gasteiger partial charge in [-0.2, -0.15) is 0 Å². The van der Waals surface area contributed by atoms with E-state index < -0.39 is 0 Å². The summed E-state index contributed by atoms with van der Waals surface area (Å²) in [6.07, 6.45) is 8.07. The molecule has 1 aliphatic carbocycles. The van der Waals surface area contributed by atoms with Crippen molar-refractivity contribution in [1.29, 1.82) is 0 Å². The number of piperidine rings is 1. The third kappa shape index (κ3) is 4.45. The summed E-state index contributed by atoms with van der Waals surface area (Å²) in [4.78, 5) is 2.65. The van der Waals surface area contributed by atoms with E-state index >= 15 is 0 Å². The van der Waals surface area contributed by atoms with Crippen molar-refractivity contribution in [3.8, 4) is 0 Å².